The first-order valence-electron chi connectivity index (χ1n) is 7.22. The number of imidazole rings is 1. The number of carbonyl (C=O) groups excluding carboxylic acids is 1. The van der Waals surface area contributed by atoms with Crippen LogP contribution >= 0.6 is 0 Å². The minimum Gasteiger partial charge on any atom is -0.436 e. The molecule has 0 fully saturated rings. The Labute approximate surface area is 141 Å². The molecule has 2 aromatic heterocycles. The zero-order valence-electron chi connectivity index (χ0n) is 12.8. The van der Waals surface area contributed by atoms with Crippen molar-refractivity contribution in [2.75, 3.05) is 5.32 Å². The highest BCUT2D eigenvalue weighted by Crippen LogP contribution is 2.24. The smallest absolute Gasteiger partial charge is 0.319 e. The third-order valence-corrected chi connectivity index (χ3v) is 3.07. The summed E-state index contributed by atoms with van der Waals surface area (Å²) in [6.45, 7) is 0.247. The largest absolute Gasteiger partial charge is 0.436 e. The number of halogens is 2. The summed E-state index contributed by atoms with van der Waals surface area (Å²) in [4.78, 5) is 22.5. The second kappa shape index (κ2) is 7.39. The summed E-state index contributed by atoms with van der Waals surface area (Å²) >= 11 is 0. The summed E-state index contributed by atoms with van der Waals surface area (Å²) in [5.74, 6) is -0.949. The van der Waals surface area contributed by atoms with Crippen LogP contribution in [0.4, 0.5) is 19.3 Å². The Morgan fingerprint density at radius 2 is 2.08 bits per heavy atom. The quantitative estimate of drug-likeness (QED) is 0.662. The molecule has 3 N–H and O–H groups in total. The van der Waals surface area contributed by atoms with E-state index in [4.69, 9.17) is 4.74 Å². The summed E-state index contributed by atoms with van der Waals surface area (Å²) in [5, 5.41) is 5.19. The maximum absolute atomic E-state index is 13.5. The molecule has 0 saturated heterocycles. The lowest BCUT2D eigenvalue weighted by molar-refractivity contribution is 0.251. The topological polar surface area (TPSA) is 91.9 Å². The molecule has 0 radical (unpaired) electrons. The summed E-state index contributed by atoms with van der Waals surface area (Å²) < 4.78 is 31.6. The van der Waals surface area contributed by atoms with Gasteiger partial charge in [-0.25, -0.2) is 23.5 Å². The second-order valence-corrected chi connectivity index (χ2v) is 4.91. The van der Waals surface area contributed by atoms with Crippen LogP contribution in [0.2, 0.25) is 0 Å². The van der Waals surface area contributed by atoms with Gasteiger partial charge in [0, 0.05) is 24.5 Å². The molecule has 1 aromatic carbocycles. The molecule has 2 amide bonds. The van der Waals surface area contributed by atoms with Gasteiger partial charge in [-0.3, -0.25) is 0 Å². The average Bonchev–Trinajstić information content (AvgIpc) is 3.11. The van der Waals surface area contributed by atoms with Gasteiger partial charge in [-0.2, -0.15) is 0 Å². The molecule has 0 bridgehead atoms. The first kappa shape index (κ1) is 16.4. The van der Waals surface area contributed by atoms with Gasteiger partial charge in [0.15, 0.2) is 11.6 Å². The van der Waals surface area contributed by atoms with Crippen molar-refractivity contribution in [3.8, 4) is 11.6 Å². The number of hydrogen-bond acceptors (Lipinski definition) is 4. The number of ether oxygens (including phenoxy) is 1. The highest BCUT2D eigenvalue weighted by atomic mass is 19.1. The van der Waals surface area contributed by atoms with Crippen molar-refractivity contribution in [3.05, 3.63) is 66.4 Å². The lowest BCUT2D eigenvalue weighted by Crippen LogP contribution is -2.28. The van der Waals surface area contributed by atoms with E-state index in [2.05, 4.69) is 25.6 Å². The highest BCUT2D eigenvalue weighted by Gasteiger charge is 2.08. The van der Waals surface area contributed by atoms with Crippen LogP contribution in [0.3, 0.4) is 0 Å². The maximum atomic E-state index is 13.5. The Kier molecular flexibility index (Phi) is 4.84. The van der Waals surface area contributed by atoms with E-state index in [1.807, 2.05) is 0 Å². The molecule has 0 spiro atoms. The fraction of sp³-hybridized carbons (Fsp3) is 0.0625. The minimum absolute atomic E-state index is 0.104. The molecule has 0 saturated carbocycles. The van der Waals surface area contributed by atoms with Crippen molar-refractivity contribution in [3.63, 3.8) is 0 Å². The summed E-state index contributed by atoms with van der Waals surface area (Å²) in [5.41, 5.74) is 0.420. The Balaban J connectivity index is 1.55. The van der Waals surface area contributed by atoms with E-state index in [1.54, 1.807) is 12.4 Å². The third kappa shape index (κ3) is 4.50. The number of anilines is 1. The number of nitrogens with zero attached hydrogens (tertiary/aromatic N) is 2. The van der Waals surface area contributed by atoms with Gasteiger partial charge >= 0.3 is 6.03 Å². The van der Waals surface area contributed by atoms with Crippen LogP contribution in [0.25, 0.3) is 0 Å². The molecular formula is C16H13F2N5O2. The molecule has 0 aliphatic heterocycles. The van der Waals surface area contributed by atoms with Gasteiger partial charge in [-0.1, -0.05) is 0 Å². The zero-order valence-corrected chi connectivity index (χ0v) is 12.8. The molecular weight excluding hydrogens is 332 g/mol. The van der Waals surface area contributed by atoms with Gasteiger partial charge in [0.1, 0.15) is 11.6 Å². The van der Waals surface area contributed by atoms with Crippen LogP contribution in [-0.2, 0) is 6.54 Å². The van der Waals surface area contributed by atoms with Gasteiger partial charge in [-0.15, -0.1) is 0 Å². The molecule has 0 unspecified atom stereocenters. The monoisotopic (exact) mass is 345 g/mol. The van der Waals surface area contributed by atoms with Crippen LogP contribution < -0.4 is 15.4 Å². The summed E-state index contributed by atoms with van der Waals surface area (Å²) in [7, 11) is 0. The number of aromatic amines is 1. The Hall–Kier alpha value is -3.49. The molecule has 7 nitrogen and oxygen atoms in total. The third-order valence-electron chi connectivity index (χ3n) is 3.07. The van der Waals surface area contributed by atoms with Crippen LogP contribution in [0.5, 0.6) is 11.6 Å². The van der Waals surface area contributed by atoms with E-state index in [0.717, 1.165) is 6.07 Å². The Morgan fingerprint density at radius 1 is 1.20 bits per heavy atom. The summed E-state index contributed by atoms with van der Waals surface area (Å²) in [6.07, 6.45) is 4.59. The number of benzene rings is 1. The molecule has 9 heteroatoms. The van der Waals surface area contributed by atoms with Crippen LogP contribution in [0.15, 0.2) is 48.9 Å². The van der Waals surface area contributed by atoms with Crippen molar-refractivity contribution in [1.82, 2.24) is 20.3 Å². The maximum Gasteiger partial charge on any atom is 0.319 e. The summed E-state index contributed by atoms with van der Waals surface area (Å²) in [6, 6.07) is 5.52. The molecule has 3 rings (SSSR count). The second-order valence-electron chi connectivity index (χ2n) is 4.91. The molecule has 3 aromatic rings. The average molecular weight is 345 g/mol. The molecule has 0 atom stereocenters. The van der Waals surface area contributed by atoms with Gasteiger partial charge in [-0.05, 0) is 18.2 Å². The first-order chi connectivity index (χ1) is 12.1. The van der Waals surface area contributed by atoms with Crippen molar-refractivity contribution in [1.29, 1.82) is 0 Å². The molecule has 2 heterocycles. The van der Waals surface area contributed by atoms with Crippen molar-refractivity contribution in [2.45, 2.75) is 6.54 Å². The number of rotatable bonds is 5. The number of urea groups is 1. The highest BCUT2D eigenvalue weighted by molar-refractivity contribution is 5.88. The van der Waals surface area contributed by atoms with Crippen LogP contribution in [-0.4, -0.2) is 21.0 Å². The fourth-order valence-electron chi connectivity index (χ4n) is 1.92. The first-order valence-corrected chi connectivity index (χ1v) is 7.22. The predicted octanol–water partition coefficient (Wildman–Crippen LogP) is 3.20. The zero-order chi connectivity index (χ0) is 17.6. The lowest BCUT2D eigenvalue weighted by atomic mass is 10.3. The standard InChI is InChI=1S/C16H13F2N5O2/c17-10-1-3-13(12(18)7-10)25-15-4-2-11(8-21-15)23-16(24)22-9-14-19-5-6-20-14/h1-8H,9H2,(H,19,20)(H2,22,23,24). The molecule has 25 heavy (non-hydrogen) atoms. The number of hydrogen-bond donors (Lipinski definition) is 3. The van der Waals surface area contributed by atoms with Crippen LogP contribution in [0, 0.1) is 11.6 Å². The predicted molar refractivity (Wildman–Crippen MR) is 85.1 cm³/mol. The molecule has 0 aliphatic carbocycles. The minimum atomic E-state index is -0.832. The number of H-pyrrole nitrogens is 1. The van der Waals surface area contributed by atoms with Crippen LogP contribution in [0.1, 0.15) is 5.82 Å². The Morgan fingerprint density at radius 3 is 2.76 bits per heavy atom. The van der Waals surface area contributed by atoms with E-state index in [-0.39, 0.29) is 18.2 Å². The van der Waals surface area contributed by atoms with E-state index >= 15 is 0 Å². The number of nitrogens with one attached hydrogen (secondary N) is 3. The number of carbonyl (C=O) groups is 1. The van der Waals surface area contributed by atoms with Crippen molar-refractivity contribution >= 4 is 11.7 Å². The molecule has 128 valence electrons. The van der Waals surface area contributed by atoms with Gasteiger partial charge < -0.3 is 20.4 Å². The van der Waals surface area contributed by atoms with Gasteiger partial charge in [0.25, 0.3) is 0 Å². The number of amides is 2. The lowest BCUT2D eigenvalue weighted by Gasteiger charge is -2.08. The van der Waals surface area contributed by atoms with Gasteiger partial charge in [0.05, 0.1) is 18.4 Å². The van der Waals surface area contributed by atoms with E-state index in [1.165, 1.54) is 24.4 Å². The normalized spacial score (nSPS) is 10.3. The fourth-order valence-corrected chi connectivity index (χ4v) is 1.92. The SMILES string of the molecule is O=C(NCc1ncc[nH]1)Nc1ccc(Oc2ccc(F)cc2F)nc1. The number of pyridine rings is 1. The van der Waals surface area contributed by atoms with E-state index in [9.17, 15) is 13.6 Å². The van der Waals surface area contributed by atoms with Crippen molar-refractivity contribution in [2.24, 2.45) is 0 Å². The molecule has 0 aliphatic rings. The van der Waals surface area contributed by atoms with Gasteiger partial charge in [0.2, 0.25) is 5.88 Å². The Bertz CT molecular complexity index is 853. The van der Waals surface area contributed by atoms with Crippen molar-refractivity contribution < 1.29 is 18.3 Å². The number of aromatic nitrogens is 3. The van der Waals surface area contributed by atoms with E-state index < -0.39 is 17.7 Å². The van der Waals surface area contributed by atoms with E-state index in [0.29, 0.717) is 17.6 Å².